The fraction of sp³-hybridized carbons (Fsp3) is 0.500. The molecule has 1 fully saturated rings. The Kier molecular flexibility index (Phi) is 7.18. The minimum Gasteiger partial charge on any atom is -0.356 e. The Morgan fingerprint density at radius 1 is 1.38 bits per heavy atom. The minimum absolute atomic E-state index is 0.389. The first-order chi connectivity index (χ1) is 11.6. The van der Waals surface area contributed by atoms with Gasteiger partial charge in [0.15, 0.2) is 5.96 Å². The molecule has 1 aliphatic heterocycles. The van der Waals surface area contributed by atoms with Gasteiger partial charge in [-0.2, -0.15) is 0 Å². The molecule has 1 heterocycles. The molecule has 1 saturated heterocycles. The van der Waals surface area contributed by atoms with E-state index in [4.69, 9.17) is 0 Å². The second-order valence-electron chi connectivity index (χ2n) is 5.99. The first-order valence-corrected chi connectivity index (χ1v) is 8.36. The van der Waals surface area contributed by atoms with E-state index in [1.165, 1.54) is 12.1 Å². The molecule has 6 heteroatoms. The highest BCUT2D eigenvalue weighted by Crippen LogP contribution is 2.11. The number of nitrogens with one attached hydrogen (secondary N) is 2. The molecular formula is C18H26F2N4. The van der Waals surface area contributed by atoms with Gasteiger partial charge >= 0.3 is 0 Å². The Morgan fingerprint density at radius 3 is 2.75 bits per heavy atom. The monoisotopic (exact) mass is 336 g/mol. The Balaban J connectivity index is 1.74. The van der Waals surface area contributed by atoms with Crippen molar-refractivity contribution < 1.29 is 8.78 Å². The topological polar surface area (TPSA) is 39.7 Å². The molecule has 0 spiro atoms. The summed E-state index contributed by atoms with van der Waals surface area (Å²) in [5, 5.41) is 6.60. The van der Waals surface area contributed by atoms with E-state index in [-0.39, 0.29) is 0 Å². The number of rotatable bonds is 6. The zero-order valence-electron chi connectivity index (χ0n) is 14.2. The second-order valence-corrected chi connectivity index (χ2v) is 5.99. The molecule has 4 nitrogen and oxygen atoms in total. The summed E-state index contributed by atoms with van der Waals surface area (Å²) in [6.07, 6.45) is 4.52. The van der Waals surface area contributed by atoms with Crippen molar-refractivity contribution in [3.63, 3.8) is 0 Å². The number of aliphatic imine (C=N–C) groups is 1. The predicted octanol–water partition coefficient (Wildman–Crippen LogP) is 2.32. The van der Waals surface area contributed by atoms with Crippen LogP contribution in [-0.2, 0) is 6.42 Å². The number of benzene rings is 1. The summed E-state index contributed by atoms with van der Waals surface area (Å²) < 4.78 is 26.5. The number of hydrogen-bond donors (Lipinski definition) is 2. The molecule has 2 N–H and O–H groups in total. The van der Waals surface area contributed by atoms with Crippen LogP contribution in [0.2, 0.25) is 0 Å². The fourth-order valence-corrected chi connectivity index (χ4v) is 2.87. The summed E-state index contributed by atoms with van der Waals surface area (Å²) in [5.74, 6) is -0.335. The lowest BCUT2D eigenvalue weighted by Gasteiger charge is -2.32. The van der Waals surface area contributed by atoms with Crippen molar-refractivity contribution in [1.29, 1.82) is 0 Å². The lowest BCUT2D eigenvalue weighted by molar-refractivity contribution is 0.225. The molecule has 2 rings (SSSR count). The van der Waals surface area contributed by atoms with Crippen molar-refractivity contribution in [3.8, 4) is 0 Å². The van der Waals surface area contributed by atoms with Crippen LogP contribution in [0.3, 0.4) is 0 Å². The van der Waals surface area contributed by atoms with Gasteiger partial charge in [0.05, 0.1) is 0 Å². The molecule has 132 valence electrons. The van der Waals surface area contributed by atoms with Crippen LogP contribution in [0, 0.1) is 11.6 Å². The third-order valence-corrected chi connectivity index (χ3v) is 4.24. The van der Waals surface area contributed by atoms with Crippen molar-refractivity contribution in [2.75, 3.05) is 33.2 Å². The van der Waals surface area contributed by atoms with Crippen LogP contribution >= 0.6 is 0 Å². The lowest BCUT2D eigenvalue weighted by atomic mass is 10.1. The summed E-state index contributed by atoms with van der Waals surface area (Å²) in [5.41, 5.74) is 0.497. The number of halogens is 2. The maximum Gasteiger partial charge on any atom is 0.191 e. The van der Waals surface area contributed by atoms with E-state index in [1.54, 1.807) is 7.05 Å². The van der Waals surface area contributed by atoms with Crippen molar-refractivity contribution in [2.45, 2.75) is 25.3 Å². The molecule has 0 radical (unpaired) electrons. The Labute approximate surface area is 142 Å². The third-order valence-electron chi connectivity index (χ3n) is 4.24. The summed E-state index contributed by atoms with van der Waals surface area (Å²) in [6.45, 7) is 7.33. The van der Waals surface area contributed by atoms with Crippen molar-refractivity contribution >= 4 is 5.96 Å². The number of likely N-dealkylation sites (tertiary alicyclic amines) is 1. The lowest BCUT2D eigenvalue weighted by Crippen LogP contribution is -2.49. The predicted molar refractivity (Wildman–Crippen MR) is 94.2 cm³/mol. The van der Waals surface area contributed by atoms with E-state index < -0.39 is 11.6 Å². The van der Waals surface area contributed by atoms with Crippen molar-refractivity contribution in [3.05, 3.63) is 48.1 Å². The van der Waals surface area contributed by atoms with Gasteiger partial charge in [0.25, 0.3) is 0 Å². The molecular weight excluding hydrogens is 310 g/mol. The number of piperidine rings is 1. The van der Waals surface area contributed by atoms with Gasteiger partial charge in [-0.25, -0.2) is 8.78 Å². The van der Waals surface area contributed by atoms with Crippen LogP contribution in [0.5, 0.6) is 0 Å². The molecule has 1 aromatic carbocycles. The average molecular weight is 336 g/mol. The number of guanidine groups is 1. The van der Waals surface area contributed by atoms with E-state index in [0.717, 1.165) is 44.5 Å². The zero-order chi connectivity index (χ0) is 17.4. The Hall–Kier alpha value is -1.95. The van der Waals surface area contributed by atoms with E-state index >= 15 is 0 Å². The Bertz CT molecular complexity index is 566. The zero-order valence-corrected chi connectivity index (χ0v) is 14.2. The molecule has 0 bridgehead atoms. The first kappa shape index (κ1) is 18.4. The van der Waals surface area contributed by atoms with Gasteiger partial charge in [0.2, 0.25) is 0 Å². The normalized spacial score (nSPS) is 16.9. The van der Waals surface area contributed by atoms with Crippen LogP contribution in [0.15, 0.2) is 35.8 Å². The van der Waals surface area contributed by atoms with E-state index in [0.29, 0.717) is 24.6 Å². The highest BCUT2D eigenvalue weighted by atomic mass is 19.1. The molecule has 0 saturated carbocycles. The summed E-state index contributed by atoms with van der Waals surface area (Å²) in [7, 11) is 1.72. The van der Waals surface area contributed by atoms with Crippen LogP contribution in [0.25, 0.3) is 0 Å². The second kappa shape index (κ2) is 9.37. The SMILES string of the molecule is C=CCN1CCC(NC(=NC)NCCc2ccc(F)cc2F)CC1. The maximum atomic E-state index is 13.6. The van der Waals surface area contributed by atoms with E-state index in [1.807, 2.05) is 6.08 Å². The van der Waals surface area contributed by atoms with Crippen molar-refractivity contribution in [2.24, 2.45) is 4.99 Å². The van der Waals surface area contributed by atoms with Gasteiger partial charge in [-0.1, -0.05) is 12.1 Å². The fourth-order valence-electron chi connectivity index (χ4n) is 2.87. The average Bonchev–Trinajstić information content (AvgIpc) is 2.57. The Morgan fingerprint density at radius 2 is 2.12 bits per heavy atom. The van der Waals surface area contributed by atoms with Crippen LogP contribution < -0.4 is 10.6 Å². The van der Waals surface area contributed by atoms with E-state index in [2.05, 4.69) is 27.1 Å². The van der Waals surface area contributed by atoms with Gasteiger partial charge in [-0.05, 0) is 30.9 Å². The largest absolute Gasteiger partial charge is 0.356 e. The molecule has 0 aromatic heterocycles. The van der Waals surface area contributed by atoms with Crippen LogP contribution in [-0.4, -0.2) is 50.1 Å². The molecule has 0 atom stereocenters. The third kappa shape index (κ3) is 5.60. The molecule has 1 aliphatic rings. The molecule has 24 heavy (non-hydrogen) atoms. The summed E-state index contributed by atoms with van der Waals surface area (Å²) in [4.78, 5) is 6.59. The maximum absolute atomic E-state index is 13.6. The molecule has 0 amide bonds. The van der Waals surface area contributed by atoms with Gasteiger partial charge in [0.1, 0.15) is 11.6 Å². The highest BCUT2D eigenvalue weighted by molar-refractivity contribution is 5.79. The van der Waals surface area contributed by atoms with Crippen LogP contribution in [0.1, 0.15) is 18.4 Å². The van der Waals surface area contributed by atoms with E-state index in [9.17, 15) is 8.78 Å². The summed E-state index contributed by atoms with van der Waals surface area (Å²) in [6, 6.07) is 4.07. The minimum atomic E-state index is -0.551. The highest BCUT2D eigenvalue weighted by Gasteiger charge is 2.18. The quantitative estimate of drug-likeness (QED) is 0.476. The smallest absolute Gasteiger partial charge is 0.191 e. The van der Waals surface area contributed by atoms with Gasteiger partial charge in [-0.15, -0.1) is 6.58 Å². The van der Waals surface area contributed by atoms with Gasteiger partial charge in [0, 0.05) is 45.3 Å². The first-order valence-electron chi connectivity index (χ1n) is 8.36. The molecule has 0 unspecified atom stereocenters. The number of nitrogens with zero attached hydrogens (tertiary/aromatic N) is 2. The molecule has 0 aliphatic carbocycles. The van der Waals surface area contributed by atoms with Gasteiger partial charge < -0.3 is 10.6 Å². The molecule has 1 aromatic rings. The van der Waals surface area contributed by atoms with Gasteiger partial charge in [-0.3, -0.25) is 9.89 Å². The number of hydrogen-bond acceptors (Lipinski definition) is 2. The standard InChI is InChI=1S/C18H26F2N4/c1-3-10-24-11-7-16(8-12-24)23-18(21-2)22-9-6-14-4-5-15(19)13-17(14)20/h3-5,13,16H,1,6-12H2,2H3,(H2,21,22,23). The summed E-state index contributed by atoms with van der Waals surface area (Å²) >= 11 is 0. The van der Waals surface area contributed by atoms with Crippen molar-refractivity contribution in [1.82, 2.24) is 15.5 Å². The van der Waals surface area contributed by atoms with Crippen LogP contribution in [0.4, 0.5) is 8.78 Å².